The maximum atomic E-state index is 9.90. The molecular weight excluding hydrogens is 152 g/mol. The number of hydrogen-bond donors (Lipinski definition) is 1. The van der Waals surface area contributed by atoms with Crippen LogP contribution in [0.5, 0.6) is 0 Å². The van der Waals surface area contributed by atoms with Crippen LogP contribution in [0.1, 0.15) is 26.7 Å². The Balaban J connectivity index is 0. The number of hydrogen-bond acceptors (Lipinski definition) is 1. The normalized spacial score (nSPS) is 8.78. The summed E-state index contributed by atoms with van der Waals surface area (Å²) < 4.78 is 0. The summed E-state index contributed by atoms with van der Waals surface area (Å²) in [6.07, 6.45) is 1.09. The first-order chi connectivity index (χ1) is 3.63. The quantitative estimate of drug-likeness (QED) is 0.641. The van der Waals surface area contributed by atoms with Crippen LogP contribution in [0.25, 0.3) is 0 Å². The monoisotopic (exact) mass is 164 g/mol. The van der Waals surface area contributed by atoms with Gasteiger partial charge in [0.05, 0.1) is 0 Å². The SMILES string of the molecule is CC(C)CCC(=O)O.[Ti]. The average Bonchev–Trinajstić information content (AvgIpc) is 1.61. The maximum Gasteiger partial charge on any atom is 0.303 e. The molecule has 0 aromatic rings. The van der Waals surface area contributed by atoms with Crippen molar-refractivity contribution >= 4 is 5.97 Å². The molecule has 0 aliphatic heterocycles. The van der Waals surface area contributed by atoms with E-state index in [1.165, 1.54) is 0 Å². The van der Waals surface area contributed by atoms with Crippen LogP contribution in [0.15, 0.2) is 0 Å². The molecule has 0 bridgehead atoms. The number of carbonyl (C=O) groups is 1. The van der Waals surface area contributed by atoms with Gasteiger partial charge in [-0.05, 0) is 12.3 Å². The molecule has 0 spiro atoms. The predicted octanol–water partition coefficient (Wildman–Crippen LogP) is 1.50. The number of aliphatic carboxylic acids is 1. The minimum atomic E-state index is -0.696. The molecule has 0 amide bonds. The van der Waals surface area contributed by atoms with Crippen LogP contribution >= 0.6 is 0 Å². The first kappa shape index (κ1) is 11.9. The first-order valence-electron chi connectivity index (χ1n) is 2.84. The Bertz CT molecular complexity index is 81.1. The van der Waals surface area contributed by atoms with E-state index in [0.29, 0.717) is 12.3 Å². The van der Waals surface area contributed by atoms with Gasteiger partial charge in [0.25, 0.3) is 0 Å². The van der Waals surface area contributed by atoms with E-state index in [0.717, 1.165) is 6.42 Å². The fraction of sp³-hybridized carbons (Fsp3) is 0.833. The summed E-state index contributed by atoms with van der Waals surface area (Å²) in [6.45, 7) is 4.03. The first-order valence-corrected chi connectivity index (χ1v) is 2.84. The van der Waals surface area contributed by atoms with E-state index in [4.69, 9.17) is 5.11 Å². The van der Waals surface area contributed by atoms with E-state index in [2.05, 4.69) is 0 Å². The molecule has 0 aromatic heterocycles. The molecule has 0 radical (unpaired) electrons. The third kappa shape index (κ3) is 11.6. The third-order valence-corrected chi connectivity index (χ3v) is 0.936. The van der Waals surface area contributed by atoms with Gasteiger partial charge < -0.3 is 5.11 Å². The van der Waals surface area contributed by atoms with Crippen molar-refractivity contribution in [2.24, 2.45) is 5.92 Å². The van der Waals surface area contributed by atoms with Gasteiger partial charge in [-0.2, -0.15) is 0 Å². The molecule has 0 fully saturated rings. The van der Waals surface area contributed by atoms with Gasteiger partial charge >= 0.3 is 5.97 Å². The van der Waals surface area contributed by atoms with E-state index in [9.17, 15) is 4.79 Å². The molecule has 0 saturated heterocycles. The Morgan fingerprint density at radius 3 is 2.11 bits per heavy atom. The summed E-state index contributed by atoms with van der Waals surface area (Å²) in [5, 5.41) is 8.16. The van der Waals surface area contributed by atoms with E-state index in [1.54, 1.807) is 0 Å². The van der Waals surface area contributed by atoms with Crippen molar-refractivity contribution in [3.05, 3.63) is 0 Å². The Labute approximate surface area is 70.5 Å². The molecule has 0 heterocycles. The second kappa shape index (κ2) is 6.31. The Kier molecular flexibility index (Phi) is 8.35. The molecule has 0 aliphatic rings. The summed E-state index contributed by atoms with van der Waals surface area (Å²) in [5.41, 5.74) is 0. The smallest absolute Gasteiger partial charge is 0.303 e. The fourth-order valence-electron chi connectivity index (χ4n) is 0.412. The molecule has 52 valence electrons. The van der Waals surface area contributed by atoms with Gasteiger partial charge in [0.2, 0.25) is 0 Å². The average molecular weight is 164 g/mol. The second-order valence-electron chi connectivity index (χ2n) is 2.33. The topological polar surface area (TPSA) is 37.3 Å². The summed E-state index contributed by atoms with van der Waals surface area (Å²) in [7, 11) is 0. The molecule has 9 heavy (non-hydrogen) atoms. The van der Waals surface area contributed by atoms with Crippen LogP contribution in [0, 0.1) is 5.92 Å². The van der Waals surface area contributed by atoms with Gasteiger partial charge in [0, 0.05) is 28.1 Å². The molecule has 0 atom stereocenters. The number of carboxylic acid groups (broad SMARTS) is 1. The standard InChI is InChI=1S/C6H12O2.Ti/c1-5(2)3-4-6(7)8;/h5H,3-4H2,1-2H3,(H,7,8);. The van der Waals surface area contributed by atoms with Crippen molar-refractivity contribution in [3.8, 4) is 0 Å². The van der Waals surface area contributed by atoms with Crippen LogP contribution in [-0.2, 0) is 26.5 Å². The van der Waals surface area contributed by atoms with Gasteiger partial charge in [0.1, 0.15) is 0 Å². The van der Waals surface area contributed by atoms with Gasteiger partial charge in [-0.15, -0.1) is 0 Å². The second-order valence-corrected chi connectivity index (χ2v) is 2.33. The zero-order valence-electron chi connectivity index (χ0n) is 5.85. The van der Waals surface area contributed by atoms with Crippen molar-refractivity contribution in [1.29, 1.82) is 0 Å². The Morgan fingerprint density at radius 2 is 2.00 bits per heavy atom. The summed E-state index contributed by atoms with van der Waals surface area (Å²) in [6, 6.07) is 0. The van der Waals surface area contributed by atoms with Crippen molar-refractivity contribution < 1.29 is 31.6 Å². The van der Waals surface area contributed by atoms with Crippen molar-refractivity contribution in [3.63, 3.8) is 0 Å². The molecule has 0 unspecified atom stereocenters. The zero-order chi connectivity index (χ0) is 6.57. The van der Waals surface area contributed by atoms with E-state index in [-0.39, 0.29) is 21.7 Å². The van der Waals surface area contributed by atoms with Crippen LogP contribution in [0.3, 0.4) is 0 Å². The zero-order valence-corrected chi connectivity index (χ0v) is 7.41. The van der Waals surface area contributed by atoms with Crippen LogP contribution in [0.4, 0.5) is 0 Å². The molecule has 0 aromatic carbocycles. The number of carboxylic acids is 1. The predicted molar refractivity (Wildman–Crippen MR) is 31.7 cm³/mol. The summed E-state index contributed by atoms with van der Waals surface area (Å²) >= 11 is 0. The largest absolute Gasteiger partial charge is 0.481 e. The van der Waals surface area contributed by atoms with Crippen molar-refractivity contribution in [2.75, 3.05) is 0 Å². The Hall–Kier alpha value is 0.184. The van der Waals surface area contributed by atoms with E-state index >= 15 is 0 Å². The summed E-state index contributed by atoms with van der Waals surface area (Å²) in [5.74, 6) is -0.190. The Morgan fingerprint density at radius 1 is 1.56 bits per heavy atom. The molecule has 0 saturated carbocycles. The van der Waals surface area contributed by atoms with Crippen LogP contribution in [0.2, 0.25) is 0 Å². The molecule has 1 N–H and O–H groups in total. The van der Waals surface area contributed by atoms with Crippen molar-refractivity contribution in [1.82, 2.24) is 0 Å². The van der Waals surface area contributed by atoms with Gasteiger partial charge in [-0.3, -0.25) is 4.79 Å². The molecule has 0 aliphatic carbocycles. The third-order valence-electron chi connectivity index (χ3n) is 0.936. The number of rotatable bonds is 3. The van der Waals surface area contributed by atoms with E-state index < -0.39 is 5.97 Å². The van der Waals surface area contributed by atoms with E-state index in [1.807, 2.05) is 13.8 Å². The van der Waals surface area contributed by atoms with Crippen LogP contribution < -0.4 is 0 Å². The van der Waals surface area contributed by atoms with Crippen LogP contribution in [-0.4, -0.2) is 11.1 Å². The molecule has 2 nitrogen and oxygen atoms in total. The minimum Gasteiger partial charge on any atom is -0.481 e. The van der Waals surface area contributed by atoms with Gasteiger partial charge in [-0.1, -0.05) is 13.8 Å². The van der Waals surface area contributed by atoms with Gasteiger partial charge in [-0.25, -0.2) is 0 Å². The summed E-state index contributed by atoms with van der Waals surface area (Å²) in [4.78, 5) is 9.90. The van der Waals surface area contributed by atoms with Crippen molar-refractivity contribution in [2.45, 2.75) is 26.7 Å². The molecule has 3 heteroatoms. The fourth-order valence-corrected chi connectivity index (χ4v) is 0.412. The minimum absolute atomic E-state index is 0. The van der Waals surface area contributed by atoms with Gasteiger partial charge in [0.15, 0.2) is 0 Å². The maximum absolute atomic E-state index is 9.90. The molecule has 0 rings (SSSR count). The molecular formula is C6H12O2Ti.